The van der Waals surface area contributed by atoms with Crippen LogP contribution in [0, 0.1) is 6.92 Å². The molecule has 0 bridgehead atoms. The number of aryl methyl sites for hydroxylation is 3. The molecule has 0 saturated carbocycles. The minimum atomic E-state index is -0.00892. The zero-order valence-corrected chi connectivity index (χ0v) is 23.3. The van der Waals surface area contributed by atoms with Crippen LogP contribution in [0.25, 0.3) is 17.1 Å². The van der Waals surface area contributed by atoms with Crippen molar-refractivity contribution in [3.05, 3.63) is 95.3 Å². The van der Waals surface area contributed by atoms with Crippen molar-refractivity contribution in [1.82, 2.24) is 14.9 Å². The molecule has 6 heteroatoms. The lowest BCUT2D eigenvalue weighted by atomic mass is 10.1. The topological polar surface area (TPSA) is 65.4 Å². The van der Waals surface area contributed by atoms with Crippen molar-refractivity contribution >= 4 is 23.0 Å². The number of unbranched alkanes of at least 4 members (excludes halogenated alkanes) is 2. The third-order valence-corrected chi connectivity index (χ3v) is 6.74. The van der Waals surface area contributed by atoms with Crippen LogP contribution >= 0.6 is 0 Å². The maximum Gasteiger partial charge on any atom is 0.251 e. The molecule has 1 heterocycles. The van der Waals surface area contributed by atoms with Crippen LogP contribution in [0.4, 0.5) is 0 Å². The molecular weight excluding hydrogens is 486 g/mol. The zero-order valence-electron chi connectivity index (χ0n) is 23.3. The molecule has 0 fully saturated rings. The first kappa shape index (κ1) is 28.0. The molecule has 0 unspecified atom stereocenters. The molecule has 1 aromatic heterocycles. The summed E-state index contributed by atoms with van der Waals surface area (Å²) in [5.41, 5.74) is 5.14. The normalized spacial score (nSPS) is 11.3. The van der Waals surface area contributed by atoms with Crippen LogP contribution in [0.3, 0.4) is 0 Å². The van der Waals surface area contributed by atoms with Gasteiger partial charge in [0, 0.05) is 25.1 Å². The number of nitrogens with zero attached hydrogens (tertiary/aromatic N) is 2. The van der Waals surface area contributed by atoms with Crippen LogP contribution in [0.1, 0.15) is 59.9 Å². The number of para-hydroxylation sites is 2. The van der Waals surface area contributed by atoms with E-state index in [0.717, 1.165) is 78.1 Å². The van der Waals surface area contributed by atoms with Gasteiger partial charge in [0.05, 0.1) is 24.8 Å². The molecular formula is C33H39N3O3. The minimum absolute atomic E-state index is 0.00892. The van der Waals surface area contributed by atoms with Crippen LogP contribution < -0.4 is 14.8 Å². The van der Waals surface area contributed by atoms with Gasteiger partial charge in [-0.3, -0.25) is 4.79 Å². The predicted molar refractivity (Wildman–Crippen MR) is 159 cm³/mol. The SMILES string of the molecule is C/C=C/c1ccc(OCCCn2c(CCCCCNC(=O)c3ccc(C)cc3)nc3ccccc32)c(OC)c1. The molecule has 1 amide bonds. The first-order valence-electron chi connectivity index (χ1n) is 13.8. The van der Waals surface area contributed by atoms with Gasteiger partial charge >= 0.3 is 0 Å². The Morgan fingerprint density at radius 1 is 0.974 bits per heavy atom. The Hall–Kier alpha value is -4.06. The van der Waals surface area contributed by atoms with E-state index < -0.39 is 0 Å². The number of imidazole rings is 1. The first-order chi connectivity index (χ1) is 19.1. The van der Waals surface area contributed by atoms with Crippen LogP contribution in [0.15, 0.2) is 72.8 Å². The fourth-order valence-electron chi connectivity index (χ4n) is 4.66. The van der Waals surface area contributed by atoms with Gasteiger partial charge in [0.25, 0.3) is 5.91 Å². The number of aromatic nitrogens is 2. The Morgan fingerprint density at radius 3 is 2.59 bits per heavy atom. The fraction of sp³-hybridized carbons (Fsp3) is 0.333. The molecule has 1 N–H and O–H groups in total. The summed E-state index contributed by atoms with van der Waals surface area (Å²) >= 11 is 0. The minimum Gasteiger partial charge on any atom is -0.493 e. The molecule has 39 heavy (non-hydrogen) atoms. The molecule has 0 atom stereocenters. The molecule has 0 spiro atoms. The molecule has 0 aliphatic rings. The maximum absolute atomic E-state index is 12.3. The van der Waals surface area contributed by atoms with Crippen molar-refractivity contribution in [2.45, 2.75) is 52.5 Å². The van der Waals surface area contributed by atoms with Gasteiger partial charge in [-0.1, -0.05) is 54.5 Å². The number of benzene rings is 3. The molecule has 4 rings (SSSR count). The summed E-state index contributed by atoms with van der Waals surface area (Å²) in [5.74, 6) is 2.60. The fourth-order valence-corrected chi connectivity index (χ4v) is 4.66. The van der Waals surface area contributed by atoms with E-state index in [0.29, 0.717) is 18.7 Å². The van der Waals surface area contributed by atoms with E-state index in [9.17, 15) is 4.79 Å². The molecule has 0 aliphatic carbocycles. The number of methoxy groups -OCH3 is 1. The average Bonchev–Trinajstić information content (AvgIpc) is 3.31. The third-order valence-electron chi connectivity index (χ3n) is 6.74. The summed E-state index contributed by atoms with van der Waals surface area (Å²) in [5, 5.41) is 3.03. The number of rotatable bonds is 14. The second-order valence-corrected chi connectivity index (χ2v) is 9.71. The highest BCUT2D eigenvalue weighted by Gasteiger charge is 2.11. The highest BCUT2D eigenvalue weighted by Crippen LogP contribution is 2.29. The highest BCUT2D eigenvalue weighted by atomic mass is 16.5. The molecule has 204 valence electrons. The number of hydrogen-bond donors (Lipinski definition) is 1. The van der Waals surface area contributed by atoms with Gasteiger partial charge in [0.15, 0.2) is 11.5 Å². The Morgan fingerprint density at radius 2 is 1.79 bits per heavy atom. The number of allylic oxidation sites excluding steroid dienone is 1. The second-order valence-electron chi connectivity index (χ2n) is 9.71. The standard InChI is InChI=1S/C33H39N3O3/c1-4-11-26-17-20-30(31(24-26)38-3)39-23-10-22-36-29-13-8-7-12-28(29)35-32(36)14-6-5-9-21-34-33(37)27-18-15-25(2)16-19-27/h4,7-8,11-13,15-20,24H,5-6,9-10,14,21-23H2,1-3H3,(H,34,37)/b11-4+. The molecule has 3 aromatic carbocycles. The summed E-state index contributed by atoms with van der Waals surface area (Å²) in [6, 6.07) is 22.0. The van der Waals surface area contributed by atoms with Gasteiger partial charge in [-0.2, -0.15) is 0 Å². The number of fused-ring (bicyclic) bond motifs is 1. The van der Waals surface area contributed by atoms with Gasteiger partial charge in [-0.15, -0.1) is 0 Å². The lowest BCUT2D eigenvalue weighted by Gasteiger charge is -2.13. The van der Waals surface area contributed by atoms with E-state index in [4.69, 9.17) is 14.5 Å². The van der Waals surface area contributed by atoms with Gasteiger partial charge in [-0.05, 0) is 75.1 Å². The Kier molecular flexibility index (Phi) is 10.2. The van der Waals surface area contributed by atoms with Crippen molar-refractivity contribution < 1.29 is 14.3 Å². The number of carbonyl (C=O) groups is 1. The maximum atomic E-state index is 12.3. The van der Waals surface area contributed by atoms with Crippen molar-refractivity contribution in [2.75, 3.05) is 20.3 Å². The van der Waals surface area contributed by atoms with Crippen molar-refractivity contribution in [2.24, 2.45) is 0 Å². The predicted octanol–water partition coefficient (Wildman–Crippen LogP) is 7.00. The van der Waals surface area contributed by atoms with E-state index >= 15 is 0 Å². The lowest BCUT2D eigenvalue weighted by Crippen LogP contribution is -2.24. The Balaban J connectivity index is 1.26. The third kappa shape index (κ3) is 7.73. The van der Waals surface area contributed by atoms with Crippen LogP contribution in [0.2, 0.25) is 0 Å². The number of hydrogen-bond acceptors (Lipinski definition) is 4. The van der Waals surface area contributed by atoms with Crippen LogP contribution in [0.5, 0.6) is 11.5 Å². The molecule has 0 saturated heterocycles. The second kappa shape index (κ2) is 14.2. The van der Waals surface area contributed by atoms with E-state index in [1.807, 2.05) is 74.5 Å². The smallest absolute Gasteiger partial charge is 0.251 e. The first-order valence-corrected chi connectivity index (χ1v) is 13.8. The van der Waals surface area contributed by atoms with Crippen molar-refractivity contribution in [1.29, 1.82) is 0 Å². The molecule has 0 aliphatic heterocycles. The highest BCUT2D eigenvalue weighted by molar-refractivity contribution is 5.94. The molecule has 0 radical (unpaired) electrons. The quantitative estimate of drug-likeness (QED) is 0.180. The number of ether oxygens (including phenoxy) is 2. The van der Waals surface area contributed by atoms with E-state index in [-0.39, 0.29) is 5.91 Å². The van der Waals surface area contributed by atoms with Crippen LogP contribution in [-0.4, -0.2) is 35.7 Å². The largest absolute Gasteiger partial charge is 0.493 e. The summed E-state index contributed by atoms with van der Waals surface area (Å²) in [7, 11) is 1.67. The average molecular weight is 526 g/mol. The molecule has 4 aromatic rings. The van der Waals surface area contributed by atoms with E-state index in [1.165, 1.54) is 0 Å². The summed E-state index contributed by atoms with van der Waals surface area (Å²) in [6.45, 7) is 6.12. The van der Waals surface area contributed by atoms with Crippen LogP contribution in [-0.2, 0) is 13.0 Å². The van der Waals surface area contributed by atoms with Gasteiger partial charge in [0.2, 0.25) is 0 Å². The van der Waals surface area contributed by atoms with E-state index in [2.05, 4.69) is 28.1 Å². The summed E-state index contributed by atoms with van der Waals surface area (Å²) < 4.78 is 13.9. The summed E-state index contributed by atoms with van der Waals surface area (Å²) in [6.07, 6.45) is 8.81. The summed E-state index contributed by atoms with van der Waals surface area (Å²) in [4.78, 5) is 17.2. The van der Waals surface area contributed by atoms with Crippen molar-refractivity contribution in [3.63, 3.8) is 0 Å². The van der Waals surface area contributed by atoms with Gasteiger partial charge < -0.3 is 19.4 Å². The number of nitrogens with one attached hydrogen (secondary N) is 1. The Labute approximate surface area is 231 Å². The van der Waals surface area contributed by atoms with Gasteiger partial charge in [-0.25, -0.2) is 4.98 Å². The number of carbonyl (C=O) groups excluding carboxylic acids is 1. The number of amides is 1. The monoisotopic (exact) mass is 525 g/mol. The molecule has 6 nitrogen and oxygen atoms in total. The van der Waals surface area contributed by atoms with Crippen molar-refractivity contribution in [3.8, 4) is 11.5 Å². The Bertz CT molecular complexity index is 1390. The zero-order chi connectivity index (χ0) is 27.5. The van der Waals surface area contributed by atoms with E-state index in [1.54, 1.807) is 7.11 Å². The lowest BCUT2D eigenvalue weighted by molar-refractivity contribution is 0.0953. The van der Waals surface area contributed by atoms with Gasteiger partial charge in [0.1, 0.15) is 5.82 Å².